The molecular weight excluding hydrogens is 358 g/mol. The standard InChI is InChI=1S/C14H12BrNO4S/c1-8-5-11(14(18)19)13(21-8)16-12(17)7-20-10-4-2-3-9(15)6-10/h2-6H,7H2,1H3,(H,16,17)(H,18,19). The summed E-state index contributed by atoms with van der Waals surface area (Å²) in [6, 6.07) is 8.64. The Morgan fingerprint density at radius 3 is 2.81 bits per heavy atom. The van der Waals surface area contributed by atoms with Crippen LogP contribution >= 0.6 is 27.3 Å². The molecule has 110 valence electrons. The third-order valence-corrected chi connectivity index (χ3v) is 3.96. The van der Waals surface area contributed by atoms with Crippen molar-refractivity contribution < 1.29 is 19.4 Å². The predicted octanol–water partition coefficient (Wildman–Crippen LogP) is 3.53. The van der Waals surface area contributed by atoms with Gasteiger partial charge in [-0.05, 0) is 31.2 Å². The molecule has 0 fully saturated rings. The Morgan fingerprint density at radius 2 is 2.14 bits per heavy atom. The topological polar surface area (TPSA) is 75.6 Å². The van der Waals surface area contributed by atoms with Gasteiger partial charge in [-0.2, -0.15) is 0 Å². The maximum absolute atomic E-state index is 11.8. The van der Waals surface area contributed by atoms with Crippen LogP contribution < -0.4 is 10.1 Å². The van der Waals surface area contributed by atoms with Gasteiger partial charge in [-0.25, -0.2) is 4.79 Å². The fraction of sp³-hybridized carbons (Fsp3) is 0.143. The molecule has 21 heavy (non-hydrogen) atoms. The largest absolute Gasteiger partial charge is 0.484 e. The molecule has 0 aliphatic carbocycles. The zero-order chi connectivity index (χ0) is 15.4. The Balaban J connectivity index is 1.97. The second-order valence-electron chi connectivity index (χ2n) is 4.20. The van der Waals surface area contributed by atoms with E-state index in [1.54, 1.807) is 25.1 Å². The highest BCUT2D eigenvalue weighted by molar-refractivity contribution is 9.10. The first kappa shape index (κ1) is 15.5. The number of ether oxygens (including phenoxy) is 1. The maximum atomic E-state index is 11.8. The zero-order valence-electron chi connectivity index (χ0n) is 11.1. The number of hydrogen-bond donors (Lipinski definition) is 2. The molecule has 0 aliphatic heterocycles. The molecular formula is C14H12BrNO4S. The van der Waals surface area contributed by atoms with E-state index in [0.29, 0.717) is 10.8 Å². The van der Waals surface area contributed by atoms with E-state index in [-0.39, 0.29) is 12.2 Å². The lowest BCUT2D eigenvalue weighted by Gasteiger charge is -2.07. The molecule has 2 rings (SSSR count). The van der Waals surface area contributed by atoms with Crippen LogP contribution in [0.4, 0.5) is 5.00 Å². The number of anilines is 1. The van der Waals surface area contributed by atoms with Gasteiger partial charge in [-0.15, -0.1) is 11.3 Å². The summed E-state index contributed by atoms with van der Waals surface area (Å²) in [5.41, 5.74) is 0.0910. The number of aryl methyl sites for hydroxylation is 1. The van der Waals surface area contributed by atoms with Crippen LogP contribution in [0.1, 0.15) is 15.2 Å². The molecule has 1 amide bonds. The van der Waals surface area contributed by atoms with Crippen molar-refractivity contribution in [2.24, 2.45) is 0 Å². The number of thiophene rings is 1. The van der Waals surface area contributed by atoms with Gasteiger partial charge in [0.2, 0.25) is 0 Å². The number of hydrogen-bond acceptors (Lipinski definition) is 4. The van der Waals surface area contributed by atoms with Crippen LogP contribution in [-0.4, -0.2) is 23.6 Å². The molecule has 0 spiro atoms. The molecule has 1 aromatic carbocycles. The first-order valence-corrected chi connectivity index (χ1v) is 7.58. The lowest BCUT2D eigenvalue weighted by Crippen LogP contribution is -2.20. The maximum Gasteiger partial charge on any atom is 0.338 e. The van der Waals surface area contributed by atoms with Crippen molar-refractivity contribution >= 4 is 44.1 Å². The lowest BCUT2D eigenvalue weighted by molar-refractivity contribution is -0.118. The Hall–Kier alpha value is -1.86. The molecule has 1 aromatic heterocycles. The lowest BCUT2D eigenvalue weighted by atomic mass is 10.3. The van der Waals surface area contributed by atoms with Gasteiger partial charge in [0.25, 0.3) is 5.91 Å². The Kier molecular flexibility index (Phi) is 4.98. The van der Waals surface area contributed by atoms with Crippen LogP contribution in [-0.2, 0) is 4.79 Å². The summed E-state index contributed by atoms with van der Waals surface area (Å²) in [7, 11) is 0. The summed E-state index contributed by atoms with van der Waals surface area (Å²) in [6.07, 6.45) is 0. The molecule has 0 bridgehead atoms. The average Bonchev–Trinajstić information content (AvgIpc) is 2.77. The van der Waals surface area contributed by atoms with Gasteiger partial charge < -0.3 is 15.2 Å². The summed E-state index contributed by atoms with van der Waals surface area (Å²) in [5, 5.41) is 11.9. The fourth-order valence-corrected chi connectivity index (χ4v) is 2.93. The number of halogens is 1. The number of carbonyl (C=O) groups excluding carboxylic acids is 1. The molecule has 5 nitrogen and oxygen atoms in total. The molecule has 0 saturated heterocycles. The summed E-state index contributed by atoms with van der Waals surface area (Å²) in [5.74, 6) is -0.915. The van der Waals surface area contributed by atoms with Gasteiger partial charge in [0.1, 0.15) is 10.8 Å². The van der Waals surface area contributed by atoms with E-state index >= 15 is 0 Å². The summed E-state index contributed by atoms with van der Waals surface area (Å²) < 4.78 is 6.19. The van der Waals surface area contributed by atoms with Gasteiger partial charge in [-0.1, -0.05) is 22.0 Å². The second-order valence-corrected chi connectivity index (χ2v) is 6.37. The molecule has 7 heteroatoms. The number of benzene rings is 1. The molecule has 1 heterocycles. The van der Waals surface area contributed by atoms with Crippen molar-refractivity contribution in [1.29, 1.82) is 0 Å². The average molecular weight is 370 g/mol. The highest BCUT2D eigenvalue weighted by atomic mass is 79.9. The van der Waals surface area contributed by atoms with Gasteiger partial charge >= 0.3 is 5.97 Å². The molecule has 0 unspecified atom stereocenters. The number of carboxylic acids is 1. The van der Waals surface area contributed by atoms with Crippen molar-refractivity contribution in [2.45, 2.75) is 6.92 Å². The van der Waals surface area contributed by atoms with Crippen molar-refractivity contribution in [3.05, 3.63) is 45.2 Å². The van der Waals surface area contributed by atoms with Crippen LogP contribution in [0.2, 0.25) is 0 Å². The van der Waals surface area contributed by atoms with Crippen molar-refractivity contribution in [3.63, 3.8) is 0 Å². The molecule has 0 aliphatic rings. The molecule has 2 N–H and O–H groups in total. The van der Waals surface area contributed by atoms with Gasteiger partial charge in [0.15, 0.2) is 6.61 Å². The summed E-state index contributed by atoms with van der Waals surface area (Å²) in [6.45, 7) is 1.59. The van der Waals surface area contributed by atoms with Crippen LogP contribution in [0, 0.1) is 6.92 Å². The van der Waals surface area contributed by atoms with Gasteiger partial charge in [0.05, 0.1) is 5.56 Å². The Bertz CT molecular complexity index is 683. The van der Waals surface area contributed by atoms with Crippen LogP contribution in [0.25, 0.3) is 0 Å². The first-order valence-electron chi connectivity index (χ1n) is 5.97. The SMILES string of the molecule is Cc1cc(C(=O)O)c(NC(=O)COc2cccc(Br)c2)s1. The smallest absolute Gasteiger partial charge is 0.338 e. The minimum atomic E-state index is -1.07. The number of amides is 1. The Labute approximate surface area is 133 Å². The van der Waals surface area contributed by atoms with E-state index in [1.807, 2.05) is 6.07 Å². The highest BCUT2D eigenvalue weighted by Crippen LogP contribution is 2.27. The number of carbonyl (C=O) groups is 2. The summed E-state index contributed by atoms with van der Waals surface area (Å²) >= 11 is 4.53. The quantitative estimate of drug-likeness (QED) is 0.844. The van der Waals surface area contributed by atoms with Gasteiger partial charge in [0, 0.05) is 9.35 Å². The van der Waals surface area contributed by atoms with E-state index in [0.717, 1.165) is 9.35 Å². The number of rotatable bonds is 5. The van der Waals surface area contributed by atoms with Crippen LogP contribution in [0.15, 0.2) is 34.8 Å². The third-order valence-electron chi connectivity index (χ3n) is 2.50. The number of carboxylic acid groups (broad SMARTS) is 1. The third kappa shape index (κ3) is 4.30. The van der Waals surface area contributed by atoms with E-state index in [1.165, 1.54) is 17.4 Å². The summed E-state index contributed by atoms with van der Waals surface area (Å²) in [4.78, 5) is 23.7. The molecule has 0 atom stereocenters. The van der Waals surface area contributed by atoms with E-state index < -0.39 is 11.9 Å². The molecule has 0 radical (unpaired) electrons. The number of nitrogens with one attached hydrogen (secondary N) is 1. The van der Waals surface area contributed by atoms with Crippen molar-refractivity contribution in [3.8, 4) is 5.75 Å². The van der Waals surface area contributed by atoms with Gasteiger partial charge in [-0.3, -0.25) is 4.79 Å². The predicted molar refractivity (Wildman–Crippen MR) is 84.3 cm³/mol. The highest BCUT2D eigenvalue weighted by Gasteiger charge is 2.16. The monoisotopic (exact) mass is 369 g/mol. The molecule has 2 aromatic rings. The fourth-order valence-electron chi connectivity index (χ4n) is 1.63. The number of aromatic carboxylic acids is 1. The normalized spacial score (nSPS) is 10.2. The van der Waals surface area contributed by atoms with E-state index in [2.05, 4.69) is 21.2 Å². The van der Waals surface area contributed by atoms with Crippen molar-refractivity contribution in [2.75, 3.05) is 11.9 Å². The first-order chi connectivity index (χ1) is 9.95. The van der Waals surface area contributed by atoms with Crippen LogP contribution in [0.3, 0.4) is 0 Å². The van der Waals surface area contributed by atoms with Crippen molar-refractivity contribution in [1.82, 2.24) is 0 Å². The second kappa shape index (κ2) is 6.73. The van der Waals surface area contributed by atoms with Crippen LogP contribution in [0.5, 0.6) is 5.75 Å². The zero-order valence-corrected chi connectivity index (χ0v) is 13.5. The van der Waals surface area contributed by atoms with E-state index in [4.69, 9.17) is 9.84 Å². The molecule has 0 saturated carbocycles. The van der Waals surface area contributed by atoms with E-state index in [9.17, 15) is 9.59 Å². The Morgan fingerprint density at radius 1 is 1.38 bits per heavy atom. The minimum Gasteiger partial charge on any atom is -0.484 e. The minimum absolute atomic E-state index is 0.0910.